The average Bonchev–Trinajstić information content (AvgIpc) is 3.64. The van der Waals surface area contributed by atoms with Crippen LogP contribution in [0.25, 0.3) is 0 Å². The highest BCUT2D eigenvalue weighted by atomic mass is 19.4. The molecule has 4 aliphatic rings. The van der Waals surface area contributed by atoms with E-state index < -0.39 is 58.4 Å². The SMILES string of the molecule is N#Cc1ccc(NC(=O)C2(n3cc(C#CC4CN(c5ccc6c(c5)C(=O)N(C5CCC(=O)NC5=O)C6=O)C4)cn3)CC2)cc1C(F)(F)F. The molecule has 3 aromatic rings. The van der Waals surface area contributed by atoms with Gasteiger partial charge >= 0.3 is 6.18 Å². The number of nitrogens with zero attached hydrogens (tertiary/aromatic N) is 5. The molecular formula is C33H24F3N7O5. The smallest absolute Gasteiger partial charge is 0.369 e. The molecule has 1 atom stereocenters. The van der Waals surface area contributed by atoms with Crippen molar-refractivity contribution in [3.63, 3.8) is 0 Å². The van der Waals surface area contributed by atoms with Crippen LogP contribution in [0.5, 0.6) is 0 Å². The second kappa shape index (κ2) is 11.1. The monoisotopic (exact) mass is 655 g/mol. The van der Waals surface area contributed by atoms with Crippen molar-refractivity contribution >= 4 is 40.9 Å². The Hall–Kier alpha value is -5.96. The van der Waals surface area contributed by atoms with E-state index in [0.717, 1.165) is 22.7 Å². The zero-order valence-electron chi connectivity index (χ0n) is 24.9. The van der Waals surface area contributed by atoms with Crippen LogP contribution in [0.3, 0.4) is 0 Å². The summed E-state index contributed by atoms with van der Waals surface area (Å²) < 4.78 is 41.6. The standard InChI is InChI=1S/C33H24F3N7O5/c34-33(35,36)25-11-21(4-3-20(25)13-37)39-31(48)32(9-10-32)42-17-18(14-38-42)1-2-19-15-41(16-19)22-5-6-23-24(12-22)30(47)43(29(23)46)26-7-8-27(44)40-28(26)45/h3-6,11-12,14,17,19,26H,7-10,15-16H2,(H,39,48)(H,40,44,45). The molecule has 3 fully saturated rings. The van der Waals surface area contributed by atoms with Gasteiger partial charge in [-0.15, -0.1) is 0 Å². The summed E-state index contributed by atoms with van der Waals surface area (Å²) in [6, 6.07) is 8.40. The summed E-state index contributed by atoms with van der Waals surface area (Å²) in [5.41, 5.74) is -1.13. The number of hydrogen-bond acceptors (Lipinski definition) is 8. The van der Waals surface area contributed by atoms with Crippen molar-refractivity contribution in [3.05, 3.63) is 76.6 Å². The first-order valence-corrected chi connectivity index (χ1v) is 15.0. The largest absolute Gasteiger partial charge is 0.417 e. The molecule has 15 heteroatoms. The summed E-state index contributed by atoms with van der Waals surface area (Å²) in [6.45, 7) is 1.10. The van der Waals surface area contributed by atoms with Crippen LogP contribution in [0.2, 0.25) is 0 Å². The Kier molecular flexibility index (Phi) is 7.09. The molecule has 0 spiro atoms. The Balaban J connectivity index is 0.977. The number of nitrogens with one attached hydrogen (secondary N) is 2. The number of piperidine rings is 1. The predicted molar refractivity (Wildman–Crippen MR) is 160 cm³/mol. The van der Waals surface area contributed by atoms with Crippen LogP contribution in [0, 0.1) is 29.1 Å². The van der Waals surface area contributed by atoms with Gasteiger partial charge in [-0.1, -0.05) is 11.8 Å². The molecule has 1 aliphatic carbocycles. The number of imide groups is 2. The fourth-order valence-corrected chi connectivity index (χ4v) is 6.12. The number of anilines is 2. The van der Waals surface area contributed by atoms with Crippen LogP contribution in [-0.4, -0.2) is 63.3 Å². The minimum atomic E-state index is -4.75. The molecular weight excluding hydrogens is 631 g/mol. The fraction of sp³-hybridized carbons (Fsp3) is 0.303. The fourth-order valence-electron chi connectivity index (χ4n) is 6.12. The van der Waals surface area contributed by atoms with Gasteiger partial charge in [0.15, 0.2) is 0 Å². The topological polar surface area (TPSA) is 158 Å². The molecule has 0 bridgehead atoms. The van der Waals surface area contributed by atoms with E-state index >= 15 is 0 Å². The third-order valence-corrected chi connectivity index (χ3v) is 8.96. The second-order valence-electron chi connectivity index (χ2n) is 12.1. The van der Waals surface area contributed by atoms with Crippen LogP contribution >= 0.6 is 0 Å². The lowest BCUT2D eigenvalue weighted by Gasteiger charge is -2.38. The highest BCUT2D eigenvalue weighted by Crippen LogP contribution is 2.44. The molecule has 48 heavy (non-hydrogen) atoms. The van der Waals surface area contributed by atoms with Crippen molar-refractivity contribution in [2.24, 2.45) is 5.92 Å². The van der Waals surface area contributed by atoms with Crippen molar-refractivity contribution in [3.8, 4) is 17.9 Å². The molecule has 0 radical (unpaired) electrons. The van der Waals surface area contributed by atoms with E-state index in [1.165, 1.54) is 23.0 Å². The van der Waals surface area contributed by atoms with Crippen molar-refractivity contribution in [2.45, 2.75) is 43.4 Å². The van der Waals surface area contributed by atoms with Crippen LogP contribution in [0.15, 0.2) is 48.8 Å². The van der Waals surface area contributed by atoms with Gasteiger partial charge in [0.1, 0.15) is 11.6 Å². The van der Waals surface area contributed by atoms with Crippen molar-refractivity contribution < 1.29 is 37.1 Å². The van der Waals surface area contributed by atoms with Gasteiger partial charge in [-0.05, 0) is 55.7 Å². The molecule has 3 aliphatic heterocycles. The first-order valence-electron chi connectivity index (χ1n) is 15.0. The van der Waals surface area contributed by atoms with Crippen LogP contribution in [-0.2, 0) is 26.1 Å². The van der Waals surface area contributed by atoms with E-state index in [4.69, 9.17) is 5.26 Å². The van der Waals surface area contributed by atoms with Crippen LogP contribution < -0.4 is 15.5 Å². The van der Waals surface area contributed by atoms with Gasteiger partial charge in [-0.3, -0.25) is 38.9 Å². The Morgan fingerprint density at radius 1 is 1.04 bits per heavy atom. The summed E-state index contributed by atoms with van der Waals surface area (Å²) in [5.74, 6) is 3.42. The van der Waals surface area contributed by atoms with Gasteiger partial charge in [0.05, 0.1) is 46.0 Å². The van der Waals surface area contributed by atoms with E-state index in [-0.39, 0.29) is 35.6 Å². The number of fused-ring (bicyclic) bond motifs is 1. The van der Waals surface area contributed by atoms with Gasteiger partial charge < -0.3 is 10.2 Å². The van der Waals surface area contributed by atoms with Crippen molar-refractivity contribution in [1.82, 2.24) is 20.0 Å². The molecule has 242 valence electrons. The zero-order chi connectivity index (χ0) is 34.0. The molecule has 1 unspecified atom stereocenters. The predicted octanol–water partition coefficient (Wildman–Crippen LogP) is 2.79. The Bertz CT molecular complexity index is 2040. The number of alkyl halides is 3. The van der Waals surface area contributed by atoms with Crippen LogP contribution in [0.4, 0.5) is 24.5 Å². The highest BCUT2D eigenvalue weighted by Gasteiger charge is 2.53. The summed E-state index contributed by atoms with van der Waals surface area (Å²) in [7, 11) is 0. The molecule has 5 amide bonds. The number of benzene rings is 2. The number of carbonyl (C=O) groups is 5. The Morgan fingerprint density at radius 2 is 1.79 bits per heavy atom. The molecule has 1 saturated carbocycles. The second-order valence-corrected chi connectivity index (χ2v) is 12.1. The number of rotatable bonds is 5. The van der Waals surface area contributed by atoms with Gasteiger partial charge in [-0.25, -0.2) is 0 Å². The van der Waals surface area contributed by atoms with E-state index in [0.29, 0.717) is 31.5 Å². The highest BCUT2D eigenvalue weighted by molar-refractivity contribution is 6.23. The van der Waals surface area contributed by atoms with E-state index in [2.05, 4.69) is 27.6 Å². The molecule has 12 nitrogen and oxygen atoms in total. The van der Waals surface area contributed by atoms with E-state index in [1.807, 2.05) is 4.90 Å². The van der Waals surface area contributed by atoms with Crippen molar-refractivity contribution in [1.29, 1.82) is 5.26 Å². The maximum Gasteiger partial charge on any atom is 0.417 e. The third-order valence-electron chi connectivity index (χ3n) is 8.96. The number of amides is 5. The van der Waals surface area contributed by atoms with Gasteiger partial charge in [0.25, 0.3) is 17.7 Å². The molecule has 2 N–H and O–H groups in total. The number of aromatic nitrogens is 2. The minimum absolute atomic E-state index is 0.0173. The number of halogens is 3. The number of hydrogen-bond donors (Lipinski definition) is 2. The maximum atomic E-state index is 13.4. The van der Waals surface area contributed by atoms with Gasteiger partial charge in [0.2, 0.25) is 11.8 Å². The molecule has 4 heterocycles. The summed E-state index contributed by atoms with van der Waals surface area (Å²) in [4.78, 5) is 65.9. The Labute approximate surface area is 270 Å². The third kappa shape index (κ3) is 5.23. The van der Waals surface area contributed by atoms with Gasteiger partial charge in [-0.2, -0.15) is 23.5 Å². The molecule has 2 saturated heterocycles. The first kappa shape index (κ1) is 30.7. The van der Waals surface area contributed by atoms with Crippen LogP contribution in [0.1, 0.15) is 63.1 Å². The minimum Gasteiger partial charge on any atom is -0.369 e. The summed E-state index contributed by atoms with van der Waals surface area (Å²) >= 11 is 0. The number of nitriles is 1. The lowest BCUT2D eigenvalue weighted by Crippen LogP contribution is -2.54. The molecule has 2 aromatic carbocycles. The maximum absolute atomic E-state index is 13.4. The number of carbonyl (C=O) groups excluding carboxylic acids is 5. The lowest BCUT2D eigenvalue weighted by atomic mass is 9.98. The summed E-state index contributed by atoms with van der Waals surface area (Å²) in [6.07, 6.45) is -0.630. The normalized spacial score (nSPS) is 19.9. The average molecular weight is 656 g/mol. The van der Waals surface area contributed by atoms with E-state index in [1.54, 1.807) is 24.4 Å². The first-order chi connectivity index (χ1) is 22.9. The lowest BCUT2D eigenvalue weighted by molar-refractivity contribution is -0.138. The molecule has 7 rings (SSSR count). The summed E-state index contributed by atoms with van der Waals surface area (Å²) in [5, 5.41) is 18.0. The Morgan fingerprint density at radius 3 is 2.48 bits per heavy atom. The van der Waals surface area contributed by atoms with Gasteiger partial charge in [0, 0.05) is 37.1 Å². The molecule has 1 aromatic heterocycles. The zero-order valence-corrected chi connectivity index (χ0v) is 24.9. The quantitative estimate of drug-likeness (QED) is 0.314. The van der Waals surface area contributed by atoms with E-state index in [9.17, 15) is 37.1 Å². The van der Waals surface area contributed by atoms with Crippen molar-refractivity contribution in [2.75, 3.05) is 23.3 Å².